The van der Waals surface area contributed by atoms with Crippen LogP contribution in [0.2, 0.25) is 0 Å². The second kappa shape index (κ2) is 18.3. The lowest BCUT2D eigenvalue weighted by Crippen LogP contribution is -2.55. The molecule has 62 heavy (non-hydrogen) atoms. The van der Waals surface area contributed by atoms with Gasteiger partial charge >= 0.3 is 13.5 Å². The number of thiophene rings is 1. The Hall–Kier alpha value is -5.09. The Morgan fingerprint density at radius 1 is 1.00 bits per heavy atom. The van der Waals surface area contributed by atoms with Crippen LogP contribution in [-0.4, -0.2) is 76.9 Å². The van der Waals surface area contributed by atoms with Gasteiger partial charge in [0.05, 0.1) is 34.9 Å². The van der Waals surface area contributed by atoms with Crippen LogP contribution in [0, 0.1) is 23.2 Å². The molecule has 0 radical (unpaired) electrons. The third-order valence-electron chi connectivity index (χ3n) is 13.0. The molecular weight excluding hydrogens is 829 g/mol. The van der Waals surface area contributed by atoms with Crippen molar-refractivity contribution in [2.75, 3.05) is 19.7 Å². The maximum atomic E-state index is 16.5. The second-order valence-corrected chi connectivity index (χ2v) is 20.3. The summed E-state index contributed by atoms with van der Waals surface area (Å²) in [7, 11) is -4.44. The Kier molecular flexibility index (Phi) is 12.9. The molecule has 1 saturated carbocycles. The number of para-hydroxylation sites is 1. The number of carbonyl (C=O) groups is 4. The predicted molar refractivity (Wildman–Crippen MR) is 234 cm³/mol. The van der Waals surface area contributed by atoms with Crippen LogP contribution in [0.3, 0.4) is 0 Å². The third kappa shape index (κ3) is 8.64. The molecule has 4 aromatic rings. The van der Waals surface area contributed by atoms with E-state index in [0.717, 1.165) is 44.1 Å². The largest absolute Gasteiger partial charge is 0.465 e. The smallest absolute Gasteiger partial charge is 0.355 e. The number of esters is 1. The van der Waals surface area contributed by atoms with Crippen LogP contribution in [0.1, 0.15) is 104 Å². The number of nitrogens with one attached hydrogen (secondary N) is 2. The Morgan fingerprint density at radius 3 is 2.44 bits per heavy atom. The molecule has 3 aromatic carbocycles. The zero-order valence-electron chi connectivity index (χ0n) is 35.0. The van der Waals surface area contributed by atoms with Crippen LogP contribution in [0.4, 0.5) is 4.39 Å². The van der Waals surface area contributed by atoms with Gasteiger partial charge in [0.2, 0.25) is 17.7 Å². The number of nitriles is 1. The summed E-state index contributed by atoms with van der Waals surface area (Å²) in [4.78, 5) is 59.5. The van der Waals surface area contributed by atoms with Gasteiger partial charge in [0.25, 0.3) is 5.91 Å². The van der Waals surface area contributed by atoms with E-state index in [1.807, 2.05) is 47.1 Å². The number of benzene rings is 3. The van der Waals surface area contributed by atoms with Gasteiger partial charge in [0, 0.05) is 29.7 Å². The maximum Gasteiger partial charge on any atom is 0.355 e. The molecule has 8 atom stereocenters. The van der Waals surface area contributed by atoms with Crippen LogP contribution in [0.25, 0.3) is 10.1 Å². The third-order valence-corrected chi connectivity index (χ3v) is 16.3. The zero-order valence-corrected chi connectivity index (χ0v) is 36.8. The highest BCUT2D eigenvalue weighted by Crippen LogP contribution is 2.59. The highest BCUT2D eigenvalue weighted by Gasteiger charge is 2.64. The average Bonchev–Trinajstić information content (AvgIpc) is 3.60. The summed E-state index contributed by atoms with van der Waals surface area (Å²) >= 11 is 1.21. The van der Waals surface area contributed by atoms with Gasteiger partial charge in [0.1, 0.15) is 17.8 Å². The molecule has 12 nitrogen and oxygen atoms in total. The van der Waals surface area contributed by atoms with Crippen LogP contribution < -0.4 is 14.9 Å². The predicted octanol–water partition coefficient (Wildman–Crippen LogP) is 8.65. The minimum Gasteiger partial charge on any atom is -0.465 e. The first-order chi connectivity index (χ1) is 30.0. The van der Waals surface area contributed by atoms with Crippen molar-refractivity contribution in [3.8, 4) is 11.8 Å². The van der Waals surface area contributed by atoms with Gasteiger partial charge in [-0.05, 0) is 98.7 Å². The molecule has 4 aliphatic rings. The van der Waals surface area contributed by atoms with E-state index in [-0.39, 0.29) is 60.1 Å². The second-order valence-electron chi connectivity index (χ2n) is 17.1. The van der Waals surface area contributed by atoms with Crippen LogP contribution in [0.5, 0.6) is 5.75 Å². The van der Waals surface area contributed by atoms with Crippen LogP contribution >= 0.6 is 18.9 Å². The van der Waals surface area contributed by atoms with Crippen molar-refractivity contribution in [2.45, 2.75) is 107 Å². The molecule has 4 unspecified atom stereocenters. The molecular formula is C47H53FN5O7PS. The van der Waals surface area contributed by atoms with Crippen molar-refractivity contribution in [1.82, 2.24) is 20.2 Å². The first-order valence-electron chi connectivity index (χ1n) is 21.8. The molecule has 1 aromatic heterocycles. The van der Waals surface area contributed by atoms with E-state index in [1.54, 1.807) is 42.5 Å². The van der Waals surface area contributed by atoms with Crippen molar-refractivity contribution in [3.05, 3.63) is 101 Å². The summed E-state index contributed by atoms with van der Waals surface area (Å²) in [6.45, 7) is 4.00. The maximum absolute atomic E-state index is 16.5. The van der Waals surface area contributed by atoms with Gasteiger partial charge in [-0.3, -0.25) is 23.7 Å². The van der Waals surface area contributed by atoms with E-state index < -0.39 is 42.9 Å². The molecule has 15 heteroatoms. The monoisotopic (exact) mass is 881 g/mol. The van der Waals surface area contributed by atoms with E-state index in [9.17, 15) is 29.0 Å². The summed E-state index contributed by atoms with van der Waals surface area (Å²) in [6.07, 6.45) is 6.61. The van der Waals surface area contributed by atoms with Crippen molar-refractivity contribution >= 4 is 52.6 Å². The Bertz CT molecular complexity index is 2390. The zero-order chi connectivity index (χ0) is 43.6. The van der Waals surface area contributed by atoms with Crippen LogP contribution in [0.15, 0.2) is 84.9 Å². The molecule has 326 valence electrons. The number of nitrogens with zero attached hydrogens (tertiary/aromatic N) is 3. The molecule has 3 amide bonds. The first kappa shape index (κ1) is 43.6. The Balaban J connectivity index is 0.955. The number of hydrogen-bond acceptors (Lipinski definition) is 9. The normalized spacial score (nSPS) is 24.9. The molecule has 1 spiro atoms. The molecule has 3 aliphatic heterocycles. The lowest BCUT2D eigenvalue weighted by Gasteiger charge is -2.37. The number of ether oxygens (including phenoxy) is 1. The minimum absolute atomic E-state index is 0.0350. The molecule has 0 bridgehead atoms. The van der Waals surface area contributed by atoms with E-state index in [1.165, 1.54) is 30.4 Å². The number of carbonyl (C=O) groups excluding carboxylic acids is 4. The molecule has 8 rings (SSSR count). The fourth-order valence-corrected chi connectivity index (χ4v) is 12.6. The molecule has 1 aliphatic carbocycles. The summed E-state index contributed by atoms with van der Waals surface area (Å²) in [5.41, 5.74) is 0.597. The van der Waals surface area contributed by atoms with Gasteiger partial charge in [-0.2, -0.15) is 5.26 Å². The standard InChI is InChI=1S/C47H53FN5O7PS/c1-3-24-59-46(57)30(2)51-61(58,60-36-16-8-5-9-17-36)42(48)32-18-21-40-34(25-32)26-41(62-40)43(54)50-28-33-14-10-11-15-35-19-20-39(53(35)44(33)55)45(56)52-29-37(31-12-6-4-7-13-31)38(27-49)47(52)22-23-47/h4-9,12-13,16-18,21,25-26,30,33,35,37-39,42H,3,10-11,14-15,19-20,22-24,28-29H2,1-2H3,(H,50,54)(H,51,58)/t30-,33?,35-,37-,38?,39-,42?,61?/m0/s1. The summed E-state index contributed by atoms with van der Waals surface area (Å²) in [5, 5.41) is 16.5. The van der Waals surface area contributed by atoms with Crippen molar-refractivity contribution < 1.29 is 37.4 Å². The summed E-state index contributed by atoms with van der Waals surface area (Å²) < 4.78 is 42.5. The Labute approximate surface area is 365 Å². The first-order valence-corrected chi connectivity index (χ1v) is 24.3. The Morgan fingerprint density at radius 2 is 1.73 bits per heavy atom. The quantitative estimate of drug-likeness (QED) is 0.0934. The van der Waals surface area contributed by atoms with E-state index in [2.05, 4.69) is 16.5 Å². The number of alkyl halides is 1. The number of rotatable bonds is 14. The number of likely N-dealkylation sites (tertiary alicyclic amines) is 1. The van der Waals surface area contributed by atoms with E-state index in [4.69, 9.17) is 9.26 Å². The van der Waals surface area contributed by atoms with Gasteiger partial charge in [0.15, 0.2) is 0 Å². The van der Waals surface area contributed by atoms with Gasteiger partial charge < -0.3 is 24.4 Å². The number of fused-ring (bicyclic) bond motifs is 2. The average molecular weight is 882 g/mol. The summed E-state index contributed by atoms with van der Waals surface area (Å²) in [6, 6.07) is 25.1. The van der Waals surface area contributed by atoms with Crippen LogP contribution in [-0.2, 0) is 23.7 Å². The van der Waals surface area contributed by atoms with Crippen molar-refractivity contribution in [1.29, 1.82) is 5.26 Å². The fraction of sp³-hybridized carbons (Fsp3) is 0.468. The lowest BCUT2D eigenvalue weighted by atomic mass is 9.85. The SMILES string of the molecule is CCCOC(=O)[C@H](C)NP(=O)(Oc1ccccc1)C(F)c1ccc2sc(C(=O)NCC3CCCC[C@H]4CC[C@@H](C(=O)N5C[C@@H](c6ccccc6)C(C#N)C56CC6)N4C3=O)cc2c1. The van der Waals surface area contributed by atoms with Crippen molar-refractivity contribution in [2.24, 2.45) is 11.8 Å². The highest BCUT2D eigenvalue weighted by molar-refractivity contribution is 7.57. The number of halogens is 1. The molecule has 3 saturated heterocycles. The number of amides is 3. The number of hydrogen-bond donors (Lipinski definition) is 2. The fourth-order valence-electron chi connectivity index (χ4n) is 9.72. The summed E-state index contributed by atoms with van der Waals surface area (Å²) in [5.74, 6) is -4.19. The van der Waals surface area contributed by atoms with E-state index >= 15 is 4.39 Å². The van der Waals surface area contributed by atoms with E-state index in [0.29, 0.717) is 40.8 Å². The van der Waals surface area contributed by atoms with Gasteiger partial charge in [-0.1, -0.05) is 74.4 Å². The topological polar surface area (TPSA) is 158 Å². The van der Waals surface area contributed by atoms with Crippen molar-refractivity contribution in [3.63, 3.8) is 0 Å². The lowest BCUT2D eigenvalue weighted by molar-refractivity contribution is -0.149. The molecule has 2 N–H and O–H groups in total. The van der Waals surface area contributed by atoms with Gasteiger partial charge in [-0.15, -0.1) is 11.3 Å². The molecule has 4 heterocycles. The molecule has 4 fully saturated rings. The van der Waals surface area contributed by atoms with Gasteiger partial charge in [-0.25, -0.2) is 9.48 Å². The minimum atomic E-state index is -4.44. The highest BCUT2D eigenvalue weighted by atomic mass is 32.1.